The van der Waals surface area contributed by atoms with Crippen LogP contribution in [-0.4, -0.2) is 23.9 Å². The summed E-state index contributed by atoms with van der Waals surface area (Å²) < 4.78 is 4.41. The van der Waals surface area contributed by atoms with Crippen LogP contribution in [0.2, 0.25) is 0 Å². The number of hydrogen-bond acceptors (Lipinski definition) is 3. The minimum Gasteiger partial charge on any atom is -0.476 e. The first-order chi connectivity index (χ1) is 4.22. The Kier molecular flexibility index (Phi) is 1.26. The molecule has 0 saturated carbocycles. The van der Waals surface area contributed by atoms with E-state index >= 15 is 0 Å². The highest BCUT2D eigenvalue weighted by Crippen LogP contribution is 1.87. The Morgan fingerprint density at radius 3 is 2.78 bits per heavy atom. The molecule has 1 N–H and O–H groups in total. The second-order valence-corrected chi connectivity index (χ2v) is 1.37. The van der Waals surface area contributed by atoms with Gasteiger partial charge in [-0.3, -0.25) is 0 Å². The molecule has 44 valence electrons. The second kappa shape index (κ2) is 1.93. The monoisotopic (exact) mass is 123 g/mol. The average molecular weight is 123 g/mol. The predicted molar refractivity (Wildman–Crippen MR) is 28.9 cm³/mol. The number of nitrogens with zero attached hydrogens (tertiary/aromatic N) is 1. The van der Waals surface area contributed by atoms with E-state index in [1.165, 1.54) is 0 Å². The van der Waals surface area contributed by atoms with Crippen LogP contribution in [0.1, 0.15) is 10.5 Å². The van der Waals surface area contributed by atoms with Crippen molar-refractivity contribution in [2.24, 2.45) is 0 Å². The van der Waals surface area contributed by atoms with Gasteiger partial charge in [0.2, 0.25) is 0 Å². The van der Waals surface area contributed by atoms with Crippen LogP contribution in [0.15, 0.2) is 10.8 Å². The standard InChI is InChI=1S/C4H2BNO3/c5-3-2(4(7)8)6-1-9-3/h1H,(H,7,8). The van der Waals surface area contributed by atoms with Gasteiger partial charge in [-0.15, -0.1) is 0 Å². The van der Waals surface area contributed by atoms with E-state index in [-0.39, 0.29) is 11.4 Å². The minimum atomic E-state index is -1.18. The molecule has 1 heterocycles. The van der Waals surface area contributed by atoms with Crippen molar-refractivity contribution < 1.29 is 14.3 Å². The van der Waals surface area contributed by atoms with Gasteiger partial charge in [-0.2, -0.15) is 0 Å². The minimum absolute atomic E-state index is 0.164. The zero-order chi connectivity index (χ0) is 6.85. The van der Waals surface area contributed by atoms with Crippen LogP contribution in [0.3, 0.4) is 0 Å². The van der Waals surface area contributed by atoms with E-state index in [0.29, 0.717) is 0 Å². The first kappa shape index (κ1) is 5.87. The van der Waals surface area contributed by atoms with E-state index in [2.05, 4.69) is 9.40 Å². The number of hydrogen-bond donors (Lipinski definition) is 1. The summed E-state index contributed by atoms with van der Waals surface area (Å²) in [6.07, 6.45) is 0.985. The number of carboxylic acids is 1. The highest BCUT2D eigenvalue weighted by atomic mass is 16.4. The second-order valence-electron chi connectivity index (χ2n) is 1.37. The summed E-state index contributed by atoms with van der Waals surface area (Å²) in [4.78, 5) is 13.4. The summed E-state index contributed by atoms with van der Waals surface area (Å²) >= 11 is 0. The zero-order valence-electron chi connectivity index (χ0n) is 4.37. The Labute approximate surface area is 51.9 Å². The number of aromatic nitrogens is 1. The summed E-state index contributed by atoms with van der Waals surface area (Å²) in [5.41, 5.74) is -0.405. The lowest BCUT2D eigenvalue weighted by atomic mass is 10.0. The van der Waals surface area contributed by atoms with Crippen molar-refractivity contribution >= 4 is 19.5 Å². The van der Waals surface area contributed by atoms with Gasteiger partial charge in [0, 0.05) is 0 Å². The quantitative estimate of drug-likeness (QED) is 0.494. The zero-order valence-corrected chi connectivity index (χ0v) is 4.37. The molecule has 0 aliphatic carbocycles. The molecular weight excluding hydrogens is 121 g/mol. The molecule has 0 unspecified atom stereocenters. The van der Waals surface area contributed by atoms with Gasteiger partial charge in [-0.25, -0.2) is 9.78 Å². The van der Waals surface area contributed by atoms with Crippen LogP contribution in [0.4, 0.5) is 0 Å². The van der Waals surface area contributed by atoms with Crippen molar-refractivity contribution in [3.05, 3.63) is 12.1 Å². The fourth-order valence-corrected chi connectivity index (χ4v) is 0.416. The van der Waals surface area contributed by atoms with Gasteiger partial charge in [-0.05, 0) is 0 Å². The normalized spacial score (nSPS) is 9.33. The maximum atomic E-state index is 10.1. The fourth-order valence-electron chi connectivity index (χ4n) is 0.416. The Balaban J connectivity index is 3.08. The summed E-state index contributed by atoms with van der Waals surface area (Å²) in [5.74, 6) is -1.18. The SMILES string of the molecule is [B]c1ocnc1C(=O)O. The Hall–Kier alpha value is -1.26. The molecule has 0 bridgehead atoms. The van der Waals surface area contributed by atoms with Crippen LogP contribution in [-0.2, 0) is 0 Å². The van der Waals surface area contributed by atoms with Crippen molar-refractivity contribution in [3.63, 3.8) is 0 Å². The Bertz CT molecular complexity index is 231. The van der Waals surface area contributed by atoms with Crippen LogP contribution in [0, 0.1) is 0 Å². The van der Waals surface area contributed by atoms with Crippen molar-refractivity contribution in [2.75, 3.05) is 0 Å². The van der Waals surface area contributed by atoms with Gasteiger partial charge in [0.05, 0.1) is 5.66 Å². The summed E-state index contributed by atoms with van der Waals surface area (Å²) in [6, 6.07) is 0. The Morgan fingerprint density at radius 1 is 1.89 bits per heavy atom. The molecule has 0 spiro atoms. The number of rotatable bonds is 1. The lowest BCUT2D eigenvalue weighted by molar-refractivity contribution is 0.0692. The third kappa shape index (κ3) is 0.935. The molecule has 5 heteroatoms. The molecule has 4 nitrogen and oxygen atoms in total. The molecule has 0 aliphatic heterocycles. The van der Waals surface area contributed by atoms with Crippen molar-refractivity contribution in [3.8, 4) is 0 Å². The highest BCUT2D eigenvalue weighted by Gasteiger charge is 2.09. The highest BCUT2D eigenvalue weighted by molar-refractivity contribution is 6.33. The fraction of sp³-hybridized carbons (Fsp3) is 0. The first-order valence-electron chi connectivity index (χ1n) is 2.14. The lowest BCUT2D eigenvalue weighted by Gasteiger charge is -1.83. The molecule has 2 radical (unpaired) electrons. The van der Waals surface area contributed by atoms with Gasteiger partial charge >= 0.3 is 5.97 Å². The average Bonchev–Trinajstić information content (AvgIpc) is 2.13. The molecule has 1 aromatic heterocycles. The van der Waals surface area contributed by atoms with Crippen LogP contribution >= 0.6 is 0 Å². The van der Waals surface area contributed by atoms with Crippen LogP contribution < -0.4 is 5.66 Å². The number of aromatic carboxylic acids is 1. The maximum absolute atomic E-state index is 10.1. The van der Waals surface area contributed by atoms with E-state index < -0.39 is 5.97 Å². The molecule has 9 heavy (non-hydrogen) atoms. The molecular formula is C4H2BNO3. The molecule has 1 rings (SSSR count). The number of carbonyl (C=O) groups is 1. The smallest absolute Gasteiger partial charge is 0.357 e. The predicted octanol–water partition coefficient (Wildman–Crippen LogP) is -0.833. The van der Waals surface area contributed by atoms with E-state index in [0.717, 1.165) is 6.39 Å². The van der Waals surface area contributed by atoms with Crippen LogP contribution in [0.5, 0.6) is 0 Å². The van der Waals surface area contributed by atoms with E-state index in [1.807, 2.05) is 0 Å². The van der Waals surface area contributed by atoms with Crippen molar-refractivity contribution in [1.82, 2.24) is 4.98 Å². The number of oxazole rings is 1. The summed E-state index contributed by atoms with van der Waals surface area (Å²) in [6.45, 7) is 0. The van der Waals surface area contributed by atoms with E-state index in [9.17, 15) is 4.79 Å². The summed E-state index contributed by atoms with van der Waals surface area (Å²) in [7, 11) is 5.03. The maximum Gasteiger partial charge on any atom is 0.357 e. The van der Waals surface area contributed by atoms with Crippen molar-refractivity contribution in [2.45, 2.75) is 0 Å². The first-order valence-corrected chi connectivity index (χ1v) is 2.14. The largest absolute Gasteiger partial charge is 0.476 e. The van der Waals surface area contributed by atoms with Gasteiger partial charge in [0.15, 0.2) is 19.9 Å². The molecule has 0 amide bonds. The van der Waals surface area contributed by atoms with E-state index in [4.69, 9.17) is 13.0 Å². The molecule has 0 aliphatic rings. The van der Waals surface area contributed by atoms with Gasteiger partial charge in [0.25, 0.3) is 0 Å². The molecule has 0 atom stereocenters. The molecule has 1 aromatic rings. The third-order valence-electron chi connectivity index (χ3n) is 0.797. The molecule has 0 fully saturated rings. The Morgan fingerprint density at radius 2 is 2.56 bits per heavy atom. The van der Waals surface area contributed by atoms with Crippen LogP contribution in [0.25, 0.3) is 0 Å². The number of carboxylic acid groups (broad SMARTS) is 1. The van der Waals surface area contributed by atoms with Gasteiger partial charge in [0.1, 0.15) is 0 Å². The topological polar surface area (TPSA) is 63.3 Å². The van der Waals surface area contributed by atoms with Crippen molar-refractivity contribution in [1.29, 1.82) is 0 Å². The van der Waals surface area contributed by atoms with Gasteiger partial charge < -0.3 is 9.52 Å². The molecule has 0 aromatic carbocycles. The van der Waals surface area contributed by atoms with E-state index in [1.54, 1.807) is 0 Å². The third-order valence-corrected chi connectivity index (χ3v) is 0.797. The summed E-state index contributed by atoms with van der Waals surface area (Å²) in [5, 5.41) is 8.25. The van der Waals surface area contributed by atoms with Gasteiger partial charge in [-0.1, -0.05) is 0 Å². The molecule has 0 saturated heterocycles. The lowest BCUT2D eigenvalue weighted by Crippen LogP contribution is -2.12.